The van der Waals surface area contributed by atoms with Crippen LogP contribution in [0.2, 0.25) is 5.02 Å². The van der Waals surface area contributed by atoms with Crippen molar-refractivity contribution >= 4 is 11.6 Å². The molecule has 0 saturated carbocycles. The molecule has 0 aliphatic heterocycles. The van der Waals surface area contributed by atoms with E-state index >= 15 is 0 Å². The maximum Gasteiger partial charge on any atom is 0.323 e. The standard InChI is InChI=1S/C11H11ClN2O/c1-2-9-10(14-11(15)13-9)7-4-3-5-8(12)6-7/h3-6H,2H2,1H3,(H2,13,14,15). The van der Waals surface area contributed by atoms with Crippen LogP contribution in [0.15, 0.2) is 29.1 Å². The fraction of sp³-hybridized carbons (Fsp3) is 0.182. The number of H-pyrrole nitrogens is 2. The highest BCUT2D eigenvalue weighted by atomic mass is 35.5. The first-order chi connectivity index (χ1) is 7.20. The fourth-order valence-electron chi connectivity index (χ4n) is 1.58. The van der Waals surface area contributed by atoms with E-state index in [-0.39, 0.29) is 5.69 Å². The molecule has 0 amide bonds. The van der Waals surface area contributed by atoms with Crippen molar-refractivity contribution in [3.05, 3.63) is 45.5 Å². The predicted molar refractivity (Wildman–Crippen MR) is 61.2 cm³/mol. The molecule has 2 rings (SSSR count). The van der Waals surface area contributed by atoms with E-state index in [9.17, 15) is 4.79 Å². The third-order valence-corrected chi connectivity index (χ3v) is 2.51. The van der Waals surface area contributed by atoms with Gasteiger partial charge in [0.1, 0.15) is 0 Å². The molecule has 0 fully saturated rings. The van der Waals surface area contributed by atoms with Crippen molar-refractivity contribution in [3.8, 4) is 11.3 Å². The summed E-state index contributed by atoms with van der Waals surface area (Å²) in [4.78, 5) is 16.7. The SMILES string of the molecule is CCc1[nH]c(=O)[nH]c1-c1cccc(Cl)c1. The summed E-state index contributed by atoms with van der Waals surface area (Å²) in [6.07, 6.45) is 0.778. The van der Waals surface area contributed by atoms with Gasteiger partial charge in [-0.25, -0.2) is 4.79 Å². The first-order valence-electron chi connectivity index (χ1n) is 4.78. The van der Waals surface area contributed by atoms with Crippen LogP contribution in [0, 0.1) is 0 Å². The number of nitrogens with one attached hydrogen (secondary N) is 2. The van der Waals surface area contributed by atoms with Crippen molar-refractivity contribution in [2.24, 2.45) is 0 Å². The zero-order chi connectivity index (χ0) is 10.8. The Morgan fingerprint density at radius 2 is 2.13 bits per heavy atom. The summed E-state index contributed by atoms with van der Waals surface area (Å²) in [5.74, 6) is 0. The number of hydrogen-bond acceptors (Lipinski definition) is 1. The van der Waals surface area contributed by atoms with E-state index in [2.05, 4.69) is 9.97 Å². The van der Waals surface area contributed by atoms with Crippen LogP contribution < -0.4 is 5.69 Å². The minimum Gasteiger partial charge on any atom is -0.309 e. The van der Waals surface area contributed by atoms with Gasteiger partial charge in [0.25, 0.3) is 0 Å². The molecule has 0 saturated heterocycles. The first kappa shape index (κ1) is 10.1. The minimum absolute atomic E-state index is 0.179. The Balaban J connectivity index is 2.57. The maximum atomic E-state index is 11.2. The number of aromatic amines is 2. The molecule has 1 heterocycles. The highest BCUT2D eigenvalue weighted by molar-refractivity contribution is 6.30. The van der Waals surface area contributed by atoms with Crippen LogP contribution in [0.25, 0.3) is 11.3 Å². The van der Waals surface area contributed by atoms with Gasteiger partial charge in [-0.05, 0) is 18.6 Å². The average molecular weight is 223 g/mol. The van der Waals surface area contributed by atoms with Gasteiger partial charge >= 0.3 is 5.69 Å². The van der Waals surface area contributed by atoms with Crippen LogP contribution >= 0.6 is 11.6 Å². The van der Waals surface area contributed by atoms with Gasteiger partial charge in [-0.1, -0.05) is 30.7 Å². The van der Waals surface area contributed by atoms with E-state index < -0.39 is 0 Å². The molecule has 78 valence electrons. The Morgan fingerprint density at radius 1 is 1.33 bits per heavy atom. The van der Waals surface area contributed by atoms with Crippen LogP contribution in [0.5, 0.6) is 0 Å². The van der Waals surface area contributed by atoms with Gasteiger partial charge in [0, 0.05) is 16.3 Å². The first-order valence-corrected chi connectivity index (χ1v) is 5.15. The summed E-state index contributed by atoms with van der Waals surface area (Å²) in [5.41, 5.74) is 2.48. The van der Waals surface area contributed by atoms with E-state index in [1.165, 1.54) is 0 Å². The number of benzene rings is 1. The average Bonchev–Trinajstić information content (AvgIpc) is 2.59. The highest BCUT2D eigenvalue weighted by Crippen LogP contribution is 2.22. The highest BCUT2D eigenvalue weighted by Gasteiger charge is 2.07. The Hall–Kier alpha value is -1.48. The van der Waals surface area contributed by atoms with Gasteiger partial charge in [0.15, 0.2) is 0 Å². The zero-order valence-corrected chi connectivity index (χ0v) is 9.06. The summed E-state index contributed by atoms with van der Waals surface area (Å²) in [6, 6.07) is 7.42. The van der Waals surface area contributed by atoms with Gasteiger partial charge in [-0.3, -0.25) is 0 Å². The monoisotopic (exact) mass is 222 g/mol. The molecule has 0 atom stereocenters. The van der Waals surface area contributed by atoms with E-state index in [1.54, 1.807) is 6.07 Å². The van der Waals surface area contributed by atoms with E-state index in [0.29, 0.717) is 5.02 Å². The van der Waals surface area contributed by atoms with Gasteiger partial charge in [-0.15, -0.1) is 0 Å². The normalized spacial score (nSPS) is 10.5. The summed E-state index contributed by atoms with van der Waals surface area (Å²) in [6.45, 7) is 1.99. The molecule has 0 unspecified atom stereocenters. The number of aromatic nitrogens is 2. The third kappa shape index (κ3) is 1.97. The van der Waals surface area contributed by atoms with Crippen molar-refractivity contribution in [1.29, 1.82) is 0 Å². The molecule has 2 aromatic rings. The lowest BCUT2D eigenvalue weighted by molar-refractivity contribution is 1.05. The van der Waals surface area contributed by atoms with Gasteiger partial charge in [-0.2, -0.15) is 0 Å². The van der Waals surface area contributed by atoms with E-state index in [0.717, 1.165) is 23.4 Å². The van der Waals surface area contributed by atoms with Crippen molar-refractivity contribution < 1.29 is 0 Å². The van der Waals surface area contributed by atoms with Crippen LogP contribution in [0.4, 0.5) is 0 Å². The van der Waals surface area contributed by atoms with Crippen LogP contribution in [-0.4, -0.2) is 9.97 Å². The molecule has 0 bridgehead atoms. The Kier molecular flexibility index (Phi) is 2.64. The molecule has 2 N–H and O–H groups in total. The quantitative estimate of drug-likeness (QED) is 0.806. The lowest BCUT2D eigenvalue weighted by Crippen LogP contribution is -2.00. The summed E-state index contributed by atoms with van der Waals surface area (Å²) >= 11 is 5.89. The second-order valence-corrected chi connectivity index (χ2v) is 3.73. The second-order valence-electron chi connectivity index (χ2n) is 3.30. The van der Waals surface area contributed by atoms with Crippen molar-refractivity contribution in [2.75, 3.05) is 0 Å². The molecule has 15 heavy (non-hydrogen) atoms. The Labute approximate surface area is 92.1 Å². The minimum atomic E-state index is -0.179. The molecule has 0 aliphatic rings. The molecule has 0 radical (unpaired) electrons. The summed E-state index contributed by atoms with van der Waals surface area (Å²) < 4.78 is 0. The lowest BCUT2D eigenvalue weighted by atomic mass is 10.1. The van der Waals surface area contributed by atoms with Crippen LogP contribution in [0.1, 0.15) is 12.6 Å². The third-order valence-electron chi connectivity index (χ3n) is 2.27. The number of aryl methyl sites for hydroxylation is 1. The van der Waals surface area contributed by atoms with Crippen molar-refractivity contribution in [2.45, 2.75) is 13.3 Å². The molecule has 1 aromatic carbocycles. The maximum absolute atomic E-state index is 11.2. The van der Waals surface area contributed by atoms with Crippen molar-refractivity contribution in [1.82, 2.24) is 9.97 Å². The van der Waals surface area contributed by atoms with E-state index in [4.69, 9.17) is 11.6 Å². The van der Waals surface area contributed by atoms with Gasteiger partial charge in [0.2, 0.25) is 0 Å². The Bertz CT molecular complexity index is 527. The van der Waals surface area contributed by atoms with Gasteiger partial charge < -0.3 is 9.97 Å². The van der Waals surface area contributed by atoms with Crippen molar-refractivity contribution in [3.63, 3.8) is 0 Å². The second kappa shape index (κ2) is 3.95. The molecule has 1 aromatic heterocycles. The van der Waals surface area contributed by atoms with Crippen LogP contribution in [-0.2, 0) is 6.42 Å². The Morgan fingerprint density at radius 3 is 2.80 bits per heavy atom. The molecule has 0 spiro atoms. The largest absolute Gasteiger partial charge is 0.323 e. The number of hydrogen-bond donors (Lipinski definition) is 2. The topological polar surface area (TPSA) is 48.6 Å². The number of halogens is 1. The predicted octanol–water partition coefficient (Wildman–Crippen LogP) is 2.59. The fourth-order valence-corrected chi connectivity index (χ4v) is 1.77. The summed E-state index contributed by atoms with van der Waals surface area (Å²) in [7, 11) is 0. The van der Waals surface area contributed by atoms with E-state index in [1.807, 2.05) is 25.1 Å². The molecular weight excluding hydrogens is 212 g/mol. The molecule has 4 heteroatoms. The van der Waals surface area contributed by atoms with Gasteiger partial charge in [0.05, 0.1) is 5.69 Å². The lowest BCUT2D eigenvalue weighted by Gasteiger charge is -2.01. The zero-order valence-electron chi connectivity index (χ0n) is 8.30. The smallest absolute Gasteiger partial charge is 0.309 e. The number of imidazole rings is 1. The molecule has 3 nitrogen and oxygen atoms in total. The summed E-state index contributed by atoms with van der Waals surface area (Å²) in [5, 5.41) is 0.664. The number of rotatable bonds is 2. The van der Waals surface area contributed by atoms with Crippen LogP contribution in [0.3, 0.4) is 0 Å². The molecule has 0 aliphatic carbocycles. The molecular formula is C11H11ClN2O.